The fraction of sp³-hybridized carbons (Fsp3) is 0.500. The Morgan fingerprint density at radius 3 is 2.75 bits per heavy atom. The third-order valence-electron chi connectivity index (χ3n) is 4.91. The Balaban J connectivity index is 1.51. The van der Waals surface area contributed by atoms with E-state index in [4.69, 9.17) is 4.42 Å². The van der Waals surface area contributed by atoms with Crippen LogP contribution < -0.4 is 5.32 Å². The van der Waals surface area contributed by atoms with Crippen LogP contribution in [0.1, 0.15) is 50.5 Å². The second kappa shape index (κ2) is 7.65. The molecule has 1 aromatic carbocycles. The molecular formula is C20H26N2O2. The van der Waals surface area contributed by atoms with Crippen molar-refractivity contribution in [2.45, 2.75) is 58.4 Å². The molecule has 0 bridgehead atoms. The molecule has 1 aromatic heterocycles. The molecule has 0 aliphatic heterocycles. The molecule has 0 radical (unpaired) electrons. The first-order chi connectivity index (χ1) is 11.6. The number of hydrogen-bond acceptors (Lipinski definition) is 3. The van der Waals surface area contributed by atoms with Gasteiger partial charge in [0.2, 0.25) is 5.91 Å². The second-order valence-electron chi connectivity index (χ2n) is 6.92. The largest absolute Gasteiger partial charge is 0.441 e. The summed E-state index contributed by atoms with van der Waals surface area (Å²) in [6.45, 7) is 4.29. The Labute approximate surface area is 143 Å². The van der Waals surface area contributed by atoms with Crippen LogP contribution in [-0.2, 0) is 11.2 Å². The molecule has 1 heterocycles. The minimum atomic E-state index is 0.101. The molecule has 4 heteroatoms. The van der Waals surface area contributed by atoms with E-state index in [-0.39, 0.29) is 5.91 Å². The molecule has 2 aromatic rings. The molecule has 3 rings (SSSR count). The molecule has 4 nitrogen and oxygen atoms in total. The van der Waals surface area contributed by atoms with Crippen molar-refractivity contribution < 1.29 is 9.21 Å². The topological polar surface area (TPSA) is 55.1 Å². The van der Waals surface area contributed by atoms with Gasteiger partial charge < -0.3 is 9.73 Å². The minimum Gasteiger partial charge on any atom is -0.441 e. The van der Waals surface area contributed by atoms with Crippen molar-refractivity contribution in [3.63, 3.8) is 0 Å². The smallest absolute Gasteiger partial charge is 0.220 e. The van der Waals surface area contributed by atoms with Crippen LogP contribution >= 0.6 is 0 Å². The lowest BCUT2D eigenvalue weighted by atomic mass is 9.86. The van der Waals surface area contributed by atoms with Gasteiger partial charge in [-0.1, -0.05) is 49.6 Å². The highest BCUT2D eigenvalue weighted by atomic mass is 16.4. The van der Waals surface area contributed by atoms with Gasteiger partial charge >= 0.3 is 0 Å². The molecule has 2 unspecified atom stereocenters. The summed E-state index contributed by atoms with van der Waals surface area (Å²) >= 11 is 0. The van der Waals surface area contributed by atoms with Crippen molar-refractivity contribution in [2.24, 2.45) is 5.92 Å². The van der Waals surface area contributed by atoms with Gasteiger partial charge in [0, 0.05) is 24.4 Å². The Morgan fingerprint density at radius 1 is 1.25 bits per heavy atom. The number of carbonyl (C=O) groups excluding carboxylic acids is 1. The summed E-state index contributed by atoms with van der Waals surface area (Å²) in [6.07, 6.45) is 7.52. The quantitative estimate of drug-likeness (QED) is 0.892. The second-order valence-corrected chi connectivity index (χ2v) is 6.92. The molecule has 1 aliphatic carbocycles. The van der Waals surface area contributed by atoms with Crippen LogP contribution in [0, 0.1) is 12.8 Å². The van der Waals surface area contributed by atoms with Crippen LogP contribution in [0.5, 0.6) is 0 Å². The average Bonchev–Trinajstić information content (AvgIpc) is 3.05. The molecule has 2 atom stereocenters. The predicted molar refractivity (Wildman–Crippen MR) is 94.6 cm³/mol. The van der Waals surface area contributed by atoms with E-state index in [1.807, 2.05) is 12.1 Å². The summed E-state index contributed by atoms with van der Waals surface area (Å²) in [5.74, 6) is 2.06. The Bertz CT molecular complexity index is 675. The van der Waals surface area contributed by atoms with Crippen LogP contribution in [0.3, 0.4) is 0 Å². The molecule has 1 fully saturated rings. The van der Waals surface area contributed by atoms with Gasteiger partial charge in [-0.3, -0.25) is 4.79 Å². The normalized spacial score (nSPS) is 20.8. The van der Waals surface area contributed by atoms with Crippen LogP contribution in [0.2, 0.25) is 0 Å². The number of benzene rings is 1. The molecule has 1 N–H and O–H groups in total. The number of amides is 1. The van der Waals surface area contributed by atoms with E-state index in [9.17, 15) is 4.79 Å². The highest BCUT2D eigenvalue weighted by Gasteiger charge is 2.22. The number of rotatable bonds is 5. The Hall–Kier alpha value is -2.10. The van der Waals surface area contributed by atoms with Gasteiger partial charge in [-0.15, -0.1) is 0 Å². The zero-order chi connectivity index (χ0) is 16.9. The lowest BCUT2D eigenvalue weighted by Gasteiger charge is -2.29. The van der Waals surface area contributed by atoms with Gasteiger partial charge in [-0.05, 0) is 25.7 Å². The third kappa shape index (κ3) is 4.25. The van der Waals surface area contributed by atoms with Crippen LogP contribution in [0.25, 0.3) is 11.3 Å². The maximum absolute atomic E-state index is 12.2. The number of hydrogen-bond donors (Lipinski definition) is 1. The maximum Gasteiger partial charge on any atom is 0.220 e. The first kappa shape index (κ1) is 16.7. The van der Waals surface area contributed by atoms with E-state index in [0.29, 0.717) is 30.7 Å². The van der Waals surface area contributed by atoms with Crippen LogP contribution in [0.15, 0.2) is 34.9 Å². The van der Waals surface area contributed by atoms with E-state index in [1.165, 1.54) is 24.8 Å². The molecule has 0 spiro atoms. The van der Waals surface area contributed by atoms with E-state index in [1.54, 1.807) is 6.20 Å². The molecule has 24 heavy (non-hydrogen) atoms. The number of nitrogens with one attached hydrogen (secondary N) is 1. The zero-order valence-electron chi connectivity index (χ0n) is 14.5. The average molecular weight is 326 g/mol. The van der Waals surface area contributed by atoms with Gasteiger partial charge in [0.1, 0.15) is 0 Å². The van der Waals surface area contributed by atoms with Crippen molar-refractivity contribution in [3.05, 3.63) is 41.9 Å². The number of aromatic nitrogens is 1. The van der Waals surface area contributed by atoms with Crippen molar-refractivity contribution in [2.75, 3.05) is 0 Å². The minimum absolute atomic E-state index is 0.101. The van der Waals surface area contributed by atoms with E-state index in [2.05, 4.69) is 36.3 Å². The fourth-order valence-electron chi connectivity index (χ4n) is 3.31. The monoisotopic (exact) mass is 326 g/mol. The van der Waals surface area contributed by atoms with Crippen LogP contribution in [-0.4, -0.2) is 16.9 Å². The van der Waals surface area contributed by atoms with Crippen molar-refractivity contribution in [1.82, 2.24) is 10.3 Å². The summed E-state index contributed by atoms with van der Waals surface area (Å²) in [4.78, 5) is 16.5. The SMILES string of the molecule is Cc1ccc(-c2cnc(CCC(=O)NC3CCCCC3C)o2)cc1. The zero-order valence-corrected chi connectivity index (χ0v) is 14.5. The third-order valence-corrected chi connectivity index (χ3v) is 4.91. The maximum atomic E-state index is 12.2. The Morgan fingerprint density at radius 2 is 2.00 bits per heavy atom. The highest BCUT2D eigenvalue weighted by molar-refractivity contribution is 5.76. The van der Waals surface area contributed by atoms with Gasteiger partial charge in [0.15, 0.2) is 11.7 Å². The highest BCUT2D eigenvalue weighted by Crippen LogP contribution is 2.24. The lowest BCUT2D eigenvalue weighted by molar-refractivity contribution is -0.122. The van der Waals surface area contributed by atoms with Gasteiger partial charge in [0.25, 0.3) is 0 Å². The summed E-state index contributed by atoms with van der Waals surface area (Å²) in [7, 11) is 0. The van der Waals surface area contributed by atoms with E-state index < -0.39 is 0 Å². The standard InChI is InChI=1S/C20H26N2O2/c1-14-7-9-16(10-8-14)18-13-21-20(24-18)12-11-19(23)22-17-6-4-3-5-15(17)2/h7-10,13,15,17H,3-6,11-12H2,1-2H3,(H,22,23). The molecule has 1 amide bonds. The van der Waals surface area contributed by atoms with Crippen molar-refractivity contribution in [3.8, 4) is 11.3 Å². The first-order valence-corrected chi connectivity index (χ1v) is 8.93. The number of nitrogens with zero attached hydrogens (tertiary/aromatic N) is 1. The summed E-state index contributed by atoms with van der Waals surface area (Å²) in [5, 5.41) is 3.18. The summed E-state index contributed by atoms with van der Waals surface area (Å²) in [5.41, 5.74) is 2.23. The van der Waals surface area contributed by atoms with E-state index in [0.717, 1.165) is 17.7 Å². The predicted octanol–water partition coefficient (Wildman–Crippen LogP) is 4.28. The van der Waals surface area contributed by atoms with Gasteiger partial charge in [0.05, 0.1) is 6.20 Å². The molecule has 128 valence electrons. The molecule has 1 aliphatic rings. The van der Waals surface area contributed by atoms with Gasteiger partial charge in [-0.2, -0.15) is 0 Å². The lowest BCUT2D eigenvalue weighted by Crippen LogP contribution is -2.41. The summed E-state index contributed by atoms with van der Waals surface area (Å²) < 4.78 is 5.78. The van der Waals surface area contributed by atoms with Gasteiger partial charge in [-0.25, -0.2) is 4.98 Å². The van der Waals surface area contributed by atoms with Crippen molar-refractivity contribution in [1.29, 1.82) is 0 Å². The molecular weight excluding hydrogens is 300 g/mol. The molecule has 0 saturated heterocycles. The Kier molecular flexibility index (Phi) is 5.34. The first-order valence-electron chi connectivity index (χ1n) is 8.93. The summed E-state index contributed by atoms with van der Waals surface area (Å²) in [6, 6.07) is 8.49. The number of aryl methyl sites for hydroxylation is 2. The molecule has 1 saturated carbocycles. The van der Waals surface area contributed by atoms with Crippen molar-refractivity contribution >= 4 is 5.91 Å². The number of carbonyl (C=O) groups is 1. The fourth-order valence-corrected chi connectivity index (χ4v) is 3.31. The number of oxazole rings is 1. The van der Waals surface area contributed by atoms with E-state index >= 15 is 0 Å². The van der Waals surface area contributed by atoms with Crippen LogP contribution in [0.4, 0.5) is 0 Å².